The number of aryl methyl sites for hydroxylation is 6. The number of nitrogens with zero attached hydrogens (tertiary/aromatic N) is 2. The van der Waals surface area contributed by atoms with E-state index < -0.39 is 11.9 Å². The quantitative estimate of drug-likeness (QED) is 0.174. The minimum absolute atomic E-state index is 0.436. The van der Waals surface area contributed by atoms with Gasteiger partial charge in [0.05, 0.1) is 0 Å². The Kier molecular flexibility index (Phi) is 12.9. The van der Waals surface area contributed by atoms with Gasteiger partial charge in [-0.3, -0.25) is 0 Å². The van der Waals surface area contributed by atoms with E-state index in [0.717, 1.165) is 15.4 Å². The van der Waals surface area contributed by atoms with Crippen LogP contribution in [0.3, 0.4) is 0 Å². The normalized spacial score (nSPS) is 18.1. The van der Waals surface area contributed by atoms with E-state index in [-0.39, 0.29) is 0 Å². The summed E-state index contributed by atoms with van der Waals surface area (Å²) < 4.78 is 7.42. The first kappa shape index (κ1) is 37.2. The van der Waals surface area contributed by atoms with Gasteiger partial charge in [0.2, 0.25) is 0 Å². The van der Waals surface area contributed by atoms with Gasteiger partial charge >= 0.3 is 197 Å². The summed E-state index contributed by atoms with van der Waals surface area (Å²) in [5.41, 5.74) is 14.5. The summed E-state index contributed by atoms with van der Waals surface area (Å²) in [4.78, 5) is 0. The Morgan fingerprint density at radius 1 is 0.617 bits per heavy atom. The van der Waals surface area contributed by atoms with Crippen molar-refractivity contribution in [1.82, 2.24) is 9.13 Å². The molecule has 3 aromatic rings. The van der Waals surface area contributed by atoms with Crippen LogP contribution in [0, 0.1) is 45.6 Å². The summed E-state index contributed by atoms with van der Waals surface area (Å²) in [5, 5.41) is 0. The van der Waals surface area contributed by atoms with Crippen molar-refractivity contribution < 1.29 is 11.9 Å². The number of halogens is 2. The molecule has 3 fully saturated rings. The molecule has 0 spiro atoms. The van der Waals surface area contributed by atoms with Crippen LogP contribution in [0.2, 0.25) is 0 Å². The molecule has 2 aromatic carbocycles. The zero-order chi connectivity index (χ0) is 33.9. The van der Waals surface area contributed by atoms with Crippen molar-refractivity contribution in [3.8, 4) is 11.4 Å². The molecular weight excluding hydrogens is 723 g/mol. The van der Waals surface area contributed by atoms with Gasteiger partial charge in [0, 0.05) is 0 Å². The maximum atomic E-state index is 7.22. The topological polar surface area (TPSA) is 9.86 Å². The second kappa shape index (κ2) is 16.3. The summed E-state index contributed by atoms with van der Waals surface area (Å²) in [7, 11) is 14.9. The van der Waals surface area contributed by atoms with Crippen LogP contribution in [0.15, 0.2) is 48.3 Å². The molecule has 3 aliphatic rings. The Bertz CT molecular complexity index is 1580. The standard InChI is InChI=1S/C21H24N2.C15H27P.C5H8.2ClH.Ru/c1-14-9-16(3)20(17(4)10-14)22-7-8-23(13-22)21-18(5)11-15(2)12-19(21)6;1-2-8-13(7-1)16(14-9-3-4-10-14)15-11-5-6-12-15;1-4-5(2)3;;;/h7-12H,1-6H3;13-15H,1-12H2;1,4H,2-3H3;2*1H;/q;;;;;+2/p-2. The maximum absolute atomic E-state index is 7.22. The van der Waals surface area contributed by atoms with Gasteiger partial charge in [-0.1, -0.05) is 46.4 Å². The van der Waals surface area contributed by atoms with Crippen LogP contribution in [-0.4, -0.2) is 30.7 Å². The van der Waals surface area contributed by atoms with Gasteiger partial charge in [0.15, 0.2) is 0 Å². The molecule has 3 aliphatic carbocycles. The summed E-state index contributed by atoms with van der Waals surface area (Å²) in [6, 6.07) is 8.86. The molecule has 1 heterocycles. The minimum atomic E-state index is -3.39. The SMILES string of the molecule is C1CCC(P(C2CCCC2)C2CCCC2)C1.CC(C)=C[CH]=[Ru]([Cl])([Cl])=[c]1n(-c2c(C)cc(C)cc2C)ccn1-c1c(C)cc(C)cc1C. The molecule has 0 aliphatic heterocycles. The van der Waals surface area contributed by atoms with Gasteiger partial charge in [0.25, 0.3) is 0 Å². The number of aromatic nitrogens is 2. The third-order valence-corrected chi connectivity index (χ3v) is 19.9. The molecule has 0 atom stereocenters. The van der Waals surface area contributed by atoms with E-state index in [1.165, 1.54) is 55.9 Å². The average molecular weight is 783 g/mol. The van der Waals surface area contributed by atoms with Crippen molar-refractivity contribution in [1.29, 1.82) is 0 Å². The molecule has 0 N–H and O–H groups in total. The molecule has 1 aromatic heterocycles. The van der Waals surface area contributed by atoms with Crippen molar-refractivity contribution >= 4 is 31.9 Å². The zero-order valence-electron chi connectivity index (χ0n) is 30.3. The van der Waals surface area contributed by atoms with Crippen molar-refractivity contribution in [2.24, 2.45) is 0 Å². The molecule has 2 nitrogen and oxygen atoms in total. The van der Waals surface area contributed by atoms with Crippen molar-refractivity contribution in [3.05, 3.63) is 85.7 Å². The van der Waals surface area contributed by atoms with Crippen LogP contribution < -0.4 is 0 Å². The number of hydrogen-bond acceptors (Lipinski definition) is 0. The third-order valence-electron chi connectivity index (χ3n) is 10.5. The fourth-order valence-corrected chi connectivity index (χ4v) is 18.5. The second-order valence-corrected chi connectivity index (χ2v) is 27.3. The first-order valence-electron chi connectivity index (χ1n) is 18.0. The number of rotatable bonds is 6. The number of benzene rings is 2. The molecule has 6 rings (SSSR count). The Balaban J connectivity index is 0.000000225. The molecule has 0 amide bonds. The molecule has 3 saturated carbocycles. The van der Waals surface area contributed by atoms with Crippen molar-refractivity contribution in [2.75, 3.05) is 0 Å². The molecule has 260 valence electrons. The van der Waals surface area contributed by atoms with Crippen LogP contribution >= 0.6 is 27.3 Å². The molecule has 47 heavy (non-hydrogen) atoms. The van der Waals surface area contributed by atoms with Gasteiger partial charge in [-0.05, 0) is 55.5 Å². The number of hydrogen-bond donors (Lipinski definition) is 0. The second-order valence-electron chi connectivity index (χ2n) is 14.9. The van der Waals surface area contributed by atoms with Gasteiger partial charge in [-0.15, -0.1) is 0 Å². The van der Waals surface area contributed by atoms with Gasteiger partial charge in [-0.2, -0.15) is 0 Å². The van der Waals surface area contributed by atoms with E-state index in [4.69, 9.17) is 19.4 Å². The molecule has 6 heteroatoms. The summed E-state index contributed by atoms with van der Waals surface area (Å²) in [5.74, 6) is 0. The van der Waals surface area contributed by atoms with Crippen molar-refractivity contribution in [2.45, 2.75) is 149 Å². The van der Waals surface area contributed by atoms with Crippen molar-refractivity contribution in [3.63, 3.8) is 0 Å². The van der Waals surface area contributed by atoms with E-state index in [0.29, 0.717) is 7.92 Å². The predicted molar refractivity (Wildman–Crippen MR) is 208 cm³/mol. The van der Waals surface area contributed by atoms with Crippen LogP contribution in [0.1, 0.15) is 124 Å². The first-order valence-corrected chi connectivity index (χ1v) is 25.9. The predicted octanol–water partition coefficient (Wildman–Crippen LogP) is 13.2. The molecule has 0 unspecified atom stereocenters. The number of allylic oxidation sites excluding steroid dienone is 2. The van der Waals surface area contributed by atoms with Gasteiger partial charge < -0.3 is 0 Å². The average Bonchev–Trinajstić information content (AvgIpc) is 3.81. The monoisotopic (exact) mass is 782 g/mol. The Morgan fingerprint density at radius 2 is 0.936 bits per heavy atom. The van der Waals surface area contributed by atoms with Crippen LogP contribution in [0.5, 0.6) is 0 Å². The number of imidazole rings is 1. The Hall–Kier alpha value is -1.11. The molecule has 0 radical (unpaired) electrons. The Morgan fingerprint density at radius 3 is 1.23 bits per heavy atom. The van der Waals surface area contributed by atoms with Crippen LogP contribution in [0.4, 0.5) is 0 Å². The fourth-order valence-electron chi connectivity index (χ4n) is 8.78. The molecular formula is C41H59Cl2N2PRu. The van der Waals surface area contributed by atoms with Gasteiger partial charge in [-0.25, -0.2) is 0 Å². The fraction of sp³-hybridized carbons (Fsp3) is 0.561. The van der Waals surface area contributed by atoms with E-state index in [1.54, 1.807) is 77.0 Å². The van der Waals surface area contributed by atoms with Gasteiger partial charge in [0.1, 0.15) is 0 Å². The van der Waals surface area contributed by atoms with Crippen LogP contribution in [0.25, 0.3) is 11.4 Å². The summed E-state index contributed by atoms with van der Waals surface area (Å²) >= 11 is -3.39. The van der Waals surface area contributed by atoms with E-state index in [2.05, 4.69) is 107 Å². The van der Waals surface area contributed by atoms with Crippen LogP contribution in [-0.2, 0) is 11.9 Å². The summed E-state index contributed by atoms with van der Waals surface area (Å²) in [6.45, 7) is 17.0. The molecule has 0 saturated heterocycles. The third kappa shape index (κ3) is 8.80. The summed E-state index contributed by atoms with van der Waals surface area (Å²) in [6.07, 6.45) is 25.3. The molecule has 0 bridgehead atoms. The van der Waals surface area contributed by atoms with E-state index >= 15 is 0 Å². The first-order chi connectivity index (χ1) is 22.4. The van der Waals surface area contributed by atoms with E-state index in [1.807, 2.05) is 4.61 Å². The Labute approximate surface area is 297 Å². The van der Waals surface area contributed by atoms with E-state index in [9.17, 15) is 0 Å². The zero-order valence-corrected chi connectivity index (χ0v) is 34.4.